The molecule has 1 saturated heterocycles. The monoisotopic (exact) mass is 359 g/mol. The molecule has 6 nitrogen and oxygen atoms in total. The van der Waals surface area contributed by atoms with Crippen LogP contribution in [0.4, 0.5) is 0 Å². The Morgan fingerprint density at radius 1 is 1.29 bits per heavy atom. The van der Waals surface area contributed by atoms with Crippen molar-refractivity contribution in [3.05, 3.63) is 46.2 Å². The van der Waals surface area contributed by atoms with Gasteiger partial charge in [0, 0.05) is 41.7 Å². The van der Waals surface area contributed by atoms with Crippen molar-refractivity contribution < 1.29 is 4.79 Å². The minimum atomic E-state index is -0.0371. The van der Waals surface area contributed by atoms with E-state index >= 15 is 0 Å². The second kappa shape index (κ2) is 6.41. The number of likely N-dealkylation sites (tertiary alicyclic amines) is 1. The fourth-order valence-corrected chi connectivity index (χ4v) is 3.62. The first-order chi connectivity index (χ1) is 11.7. The van der Waals surface area contributed by atoms with E-state index in [2.05, 4.69) is 19.6 Å². The number of hydrogen-bond acceptors (Lipinski definition) is 6. The lowest BCUT2D eigenvalue weighted by molar-refractivity contribution is 0.0706. The number of hydrogen-bond donors (Lipinski definition) is 0. The molecule has 0 aliphatic carbocycles. The molecule has 3 aromatic rings. The number of fused-ring (bicyclic) bond motifs is 1. The molecule has 4 heterocycles. The number of piperidine rings is 1. The third-order valence-corrected chi connectivity index (χ3v) is 5.02. The molecule has 3 aromatic heterocycles. The molecule has 1 aliphatic rings. The van der Waals surface area contributed by atoms with Crippen molar-refractivity contribution in [2.24, 2.45) is 0 Å². The standard InChI is InChI=1S/C16H14ClN5OS/c17-12-7-11-1-2-13(19-15(11)18-8-12)10-3-5-22(6-4-10)16(23)14-9-24-21-20-14/h1-2,7-10H,3-6H2. The van der Waals surface area contributed by atoms with Gasteiger partial charge in [0.1, 0.15) is 0 Å². The Labute approximate surface area is 147 Å². The molecule has 0 bridgehead atoms. The fourth-order valence-electron chi connectivity index (χ4n) is 3.02. The Bertz CT molecular complexity index is 877. The van der Waals surface area contributed by atoms with Gasteiger partial charge >= 0.3 is 0 Å². The molecule has 24 heavy (non-hydrogen) atoms. The van der Waals surface area contributed by atoms with E-state index < -0.39 is 0 Å². The topological polar surface area (TPSA) is 71.9 Å². The van der Waals surface area contributed by atoms with Gasteiger partial charge in [-0.25, -0.2) is 9.97 Å². The van der Waals surface area contributed by atoms with Crippen molar-refractivity contribution in [1.82, 2.24) is 24.5 Å². The van der Waals surface area contributed by atoms with E-state index in [-0.39, 0.29) is 5.91 Å². The Hall–Kier alpha value is -2.12. The van der Waals surface area contributed by atoms with Crippen LogP contribution in [0.15, 0.2) is 29.8 Å². The minimum absolute atomic E-state index is 0.0371. The van der Waals surface area contributed by atoms with Crippen LogP contribution in [0.2, 0.25) is 5.02 Å². The Morgan fingerprint density at radius 3 is 2.88 bits per heavy atom. The average molecular weight is 360 g/mol. The third-order valence-electron chi connectivity index (χ3n) is 4.31. The van der Waals surface area contributed by atoms with Crippen molar-refractivity contribution in [1.29, 1.82) is 0 Å². The van der Waals surface area contributed by atoms with E-state index in [0.717, 1.165) is 23.9 Å². The van der Waals surface area contributed by atoms with Crippen LogP contribution < -0.4 is 0 Å². The molecule has 0 saturated carbocycles. The molecular formula is C16H14ClN5OS. The van der Waals surface area contributed by atoms with Gasteiger partial charge < -0.3 is 4.90 Å². The van der Waals surface area contributed by atoms with Gasteiger partial charge in [-0.3, -0.25) is 4.79 Å². The maximum Gasteiger partial charge on any atom is 0.275 e. The normalized spacial score (nSPS) is 15.8. The molecule has 8 heteroatoms. The number of halogens is 1. The summed E-state index contributed by atoms with van der Waals surface area (Å²) in [6, 6.07) is 5.91. The van der Waals surface area contributed by atoms with Gasteiger partial charge in [0.25, 0.3) is 5.91 Å². The molecule has 1 aliphatic heterocycles. The second-order valence-electron chi connectivity index (χ2n) is 5.79. The fraction of sp³-hybridized carbons (Fsp3) is 0.312. The lowest BCUT2D eigenvalue weighted by Crippen LogP contribution is -2.38. The molecule has 1 amide bonds. The van der Waals surface area contributed by atoms with Crippen LogP contribution in [-0.2, 0) is 0 Å². The number of pyridine rings is 2. The van der Waals surface area contributed by atoms with E-state index in [1.165, 1.54) is 11.5 Å². The predicted molar refractivity (Wildman–Crippen MR) is 92.3 cm³/mol. The van der Waals surface area contributed by atoms with Crippen LogP contribution in [0, 0.1) is 0 Å². The predicted octanol–water partition coefficient (Wildman–Crippen LogP) is 3.15. The Balaban J connectivity index is 1.47. The summed E-state index contributed by atoms with van der Waals surface area (Å²) in [6.45, 7) is 1.41. The lowest BCUT2D eigenvalue weighted by Gasteiger charge is -2.31. The first kappa shape index (κ1) is 15.4. The van der Waals surface area contributed by atoms with E-state index in [9.17, 15) is 4.79 Å². The molecule has 4 rings (SSSR count). The summed E-state index contributed by atoms with van der Waals surface area (Å²) in [7, 11) is 0. The number of nitrogens with zero attached hydrogens (tertiary/aromatic N) is 5. The van der Waals surface area contributed by atoms with E-state index in [0.29, 0.717) is 35.4 Å². The van der Waals surface area contributed by atoms with Crippen LogP contribution in [0.25, 0.3) is 11.0 Å². The van der Waals surface area contributed by atoms with Crippen LogP contribution in [0.3, 0.4) is 0 Å². The quantitative estimate of drug-likeness (QED) is 0.702. The average Bonchev–Trinajstić information content (AvgIpc) is 3.15. The zero-order valence-corrected chi connectivity index (χ0v) is 14.3. The zero-order valence-electron chi connectivity index (χ0n) is 12.7. The molecule has 0 unspecified atom stereocenters. The molecular weight excluding hydrogens is 346 g/mol. The maximum atomic E-state index is 12.3. The summed E-state index contributed by atoms with van der Waals surface area (Å²) < 4.78 is 3.75. The summed E-state index contributed by atoms with van der Waals surface area (Å²) in [6.07, 6.45) is 3.38. The smallest absolute Gasteiger partial charge is 0.275 e. The highest BCUT2D eigenvalue weighted by molar-refractivity contribution is 7.03. The van der Waals surface area contributed by atoms with Gasteiger partial charge in [-0.05, 0) is 42.6 Å². The summed E-state index contributed by atoms with van der Waals surface area (Å²) in [5.74, 6) is 0.300. The molecule has 0 atom stereocenters. The molecule has 1 fully saturated rings. The van der Waals surface area contributed by atoms with Crippen molar-refractivity contribution in [2.75, 3.05) is 13.1 Å². The summed E-state index contributed by atoms with van der Waals surface area (Å²) in [4.78, 5) is 23.1. The molecule has 122 valence electrons. The Morgan fingerprint density at radius 2 is 2.12 bits per heavy atom. The summed E-state index contributed by atoms with van der Waals surface area (Å²) in [5.41, 5.74) is 2.17. The van der Waals surface area contributed by atoms with Crippen LogP contribution in [-0.4, -0.2) is 43.5 Å². The van der Waals surface area contributed by atoms with Crippen molar-refractivity contribution >= 4 is 40.1 Å². The highest BCUT2D eigenvalue weighted by Crippen LogP contribution is 2.28. The van der Waals surface area contributed by atoms with Gasteiger partial charge in [-0.2, -0.15) is 0 Å². The first-order valence-corrected chi connectivity index (χ1v) is 8.91. The zero-order chi connectivity index (χ0) is 16.5. The number of aromatic nitrogens is 4. The van der Waals surface area contributed by atoms with Crippen LogP contribution in [0.1, 0.15) is 34.9 Å². The number of carbonyl (C=O) groups excluding carboxylic acids is 1. The highest BCUT2D eigenvalue weighted by Gasteiger charge is 2.26. The van der Waals surface area contributed by atoms with Gasteiger partial charge in [0.05, 0.1) is 5.02 Å². The van der Waals surface area contributed by atoms with Crippen molar-refractivity contribution in [3.63, 3.8) is 0 Å². The number of carbonyl (C=O) groups is 1. The van der Waals surface area contributed by atoms with Gasteiger partial charge in [0.2, 0.25) is 0 Å². The van der Waals surface area contributed by atoms with Gasteiger partial charge in [-0.15, -0.1) is 5.10 Å². The number of amides is 1. The lowest BCUT2D eigenvalue weighted by atomic mass is 9.92. The third kappa shape index (κ3) is 2.97. The molecule has 0 spiro atoms. The van der Waals surface area contributed by atoms with E-state index in [1.807, 2.05) is 23.1 Å². The summed E-state index contributed by atoms with van der Waals surface area (Å²) >= 11 is 7.16. The van der Waals surface area contributed by atoms with E-state index in [1.54, 1.807) is 11.6 Å². The van der Waals surface area contributed by atoms with E-state index in [4.69, 9.17) is 11.6 Å². The second-order valence-corrected chi connectivity index (χ2v) is 6.84. The molecule has 0 radical (unpaired) electrons. The highest BCUT2D eigenvalue weighted by atomic mass is 35.5. The van der Waals surface area contributed by atoms with Crippen LogP contribution in [0.5, 0.6) is 0 Å². The maximum absolute atomic E-state index is 12.3. The first-order valence-electron chi connectivity index (χ1n) is 7.69. The van der Waals surface area contributed by atoms with Crippen LogP contribution >= 0.6 is 23.1 Å². The molecule has 0 N–H and O–H groups in total. The number of rotatable bonds is 2. The SMILES string of the molecule is O=C(c1csnn1)N1CCC(c2ccc3cc(Cl)cnc3n2)CC1. The van der Waals surface area contributed by atoms with Crippen molar-refractivity contribution in [2.45, 2.75) is 18.8 Å². The largest absolute Gasteiger partial charge is 0.337 e. The van der Waals surface area contributed by atoms with Gasteiger partial charge in [-0.1, -0.05) is 16.1 Å². The Kier molecular flexibility index (Phi) is 4.12. The molecule has 0 aromatic carbocycles. The van der Waals surface area contributed by atoms with Gasteiger partial charge in [0.15, 0.2) is 11.3 Å². The van der Waals surface area contributed by atoms with Crippen molar-refractivity contribution in [3.8, 4) is 0 Å². The minimum Gasteiger partial charge on any atom is -0.337 e. The summed E-state index contributed by atoms with van der Waals surface area (Å²) in [5, 5.41) is 7.10.